The zero-order chi connectivity index (χ0) is 23.9. The van der Waals surface area contributed by atoms with Crippen molar-refractivity contribution in [2.45, 2.75) is 10.6 Å². The van der Waals surface area contributed by atoms with Crippen LogP contribution < -0.4 is 21.6 Å². The van der Waals surface area contributed by atoms with Crippen LogP contribution >= 0.6 is 25.3 Å². The van der Waals surface area contributed by atoms with E-state index in [-0.39, 0.29) is 11.6 Å². The number of likely N-dealkylation sites (tertiary alicyclic amines) is 1. The van der Waals surface area contributed by atoms with Crippen molar-refractivity contribution < 1.29 is 4.79 Å². The molecule has 5 rings (SSSR count). The van der Waals surface area contributed by atoms with E-state index >= 15 is 0 Å². The molecule has 9 nitrogen and oxygen atoms in total. The molecule has 0 saturated carbocycles. The summed E-state index contributed by atoms with van der Waals surface area (Å²) in [6, 6.07) is 9.97. The predicted octanol–water partition coefficient (Wildman–Crippen LogP) is -0.199. The van der Waals surface area contributed by atoms with Crippen LogP contribution in [0.15, 0.2) is 41.3 Å². The molecule has 3 fully saturated rings. The van der Waals surface area contributed by atoms with Gasteiger partial charge in [0.25, 0.3) is 5.91 Å². The number of hydrogen-bond donors (Lipinski definition) is 4. The van der Waals surface area contributed by atoms with E-state index in [2.05, 4.69) is 52.6 Å². The summed E-state index contributed by atoms with van der Waals surface area (Å²) >= 11 is 8.07. The molecular formula is C23H31N7O2S2. The van der Waals surface area contributed by atoms with Crippen molar-refractivity contribution >= 4 is 37.0 Å². The third-order valence-electron chi connectivity index (χ3n) is 7.04. The van der Waals surface area contributed by atoms with Crippen molar-refractivity contribution in [1.82, 2.24) is 24.7 Å². The summed E-state index contributed by atoms with van der Waals surface area (Å²) in [6.45, 7) is 7.87. The van der Waals surface area contributed by atoms with Crippen LogP contribution in [0.1, 0.15) is 5.56 Å². The Kier molecular flexibility index (Phi) is 6.40. The van der Waals surface area contributed by atoms with Crippen LogP contribution in [0.2, 0.25) is 0 Å². The number of nitrogens with one attached hydrogen (secondary N) is 1. The largest absolute Gasteiger partial charge is 0.354 e. The van der Waals surface area contributed by atoms with Crippen LogP contribution in [-0.4, -0.2) is 88.4 Å². The summed E-state index contributed by atoms with van der Waals surface area (Å²) in [7, 11) is 0. The first kappa shape index (κ1) is 23.7. The van der Waals surface area contributed by atoms with Crippen LogP contribution in [0, 0.1) is 5.41 Å². The first-order valence-corrected chi connectivity index (χ1v) is 12.5. The minimum atomic E-state index is -1.48. The van der Waals surface area contributed by atoms with Gasteiger partial charge in [-0.15, -0.1) is 25.3 Å². The van der Waals surface area contributed by atoms with Gasteiger partial charge in [-0.3, -0.25) is 9.36 Å². The Morgan fingerprint density at radius 3 is 2.32 bits per heavy atom. The number of anilines is 1. The van der Waals surface area contributed by atoms with E-state index in [1.807, 2.05) is 23.1 Å². The highest BCUT2D eigenvalue weighted by molar-refractivity contribution is 8.01. The first-order chi connectivity index (χ1) is 16.2. The van der Waals surface area contributed by atoms with Gasteiger partial charge in [0.1, 0.15) is 5.82 Å². The van der Waals surface area contributed by atoms with Crippen molar-refractivity contribution in [2.75, 3.05) is 63.8 Å². The van der Waals surface area contributed by atoms with Gasteiger partial charge >= 0.3 is 5.69 Å². The Morgan fingerprint density at radius 1 is 1.09 bits per heavy atom. The molecule has 0 bridgehead atoms. The van der Waals surface area contributed by atoms with Gasteiger partial charge in [0.15, 0.2) is 4.20 Å². The predicted molar refractivity (Wildman–Crippen MR) is 139 cm³/mol. The van der Waals surface area contributed by atoms with E-state index in [1.54, 1.807) is 15.7 Å². The second kappa shape index (κ2) is 9.19. The van der Waals surface area contributed by atoms with Gasteiger partial charge in [0.2, 0.25) is 0 Å². The Hall–Kier alpha value is -2.05. The zero-order valence-corrected chi connectivity index (χ0v) is 20.8. The normalized spacial score (nSPS) is 20.2. The SMILES string of the molecule is NC(S)(S)C(=O)N1CCN(c2ccn(-c3ccc(CCN4CC5(CNC5)C4)cc3)c(=O)n2)CC1. The lowest BCUT2D eigenvalue weighted by molar-refractivity contribution is -0.131. The van der Waals surface area contributed by atoms with Crippen LogP contribution in [0.5, 0.6) is 0 Å². The summed E-state index contributed by atoms with van der Waals surface area (Å²) < 4.78 is 0.0717. The van der Waals surface area contributed by atoms with Gasteiger partial charge in [0, 0.05) is 70.5 Å². The lowest BCUT2D eigenvalue weighted by Gasteiger charge is -2.56. The molecule has 0 unspecified atom stereocenters. The van der Waals surface area contributed by atoms with Gasteiger partial charge in [0.05, 0.1) is 5.69 Å². The molecule has 182 valence electrons. The molecule has 1 aromatic heterocycles. The van der Waals surface area contributed by atoms with Gasteiger partial charge < -0.3 is 25.8 Å². The summed E-state index contributed by atoms with van der Waals surface area (Å²) in [4.78, 5) is 35.4. The standard InChI is InChI=1S/C23H31N7O2S2/c24-23(33,34)20(31)29-11-9-28(10-12-29)19-6-8-30(21(32)26-19)18-3-1-17(2-4-18)5-7-27-15-22(16-27)13-25-14-22/h1-4,6,8,25,33-34H,5,7,9-16,24H2. The van der Waals surface area contributed by atoms with Gasteiger partial charge in [-0.05, 0) is 30.2 Å². The Balaban J connectivity index is 1.16. The maximum Gasteiger partial charge on any atom is 0.354 e. The van der Waals surface area contributed by atoms with Crippen LogP contribution in [0.4, 0.5) is 5.82 Å². The van der Waals surface area contributed by atoms with Crippen LogP contribution in [-0.2, 0) is 11.2 Å². The third-order valence-corrected chi connectivity index (χ3v) is 7.43. The molecule has 4 heterocycles. The van der Waals surface area contributed by atoms with Crippen molar-refractivity contribution in [3.8, 4) is 5.69 Å². The van der Waals surface area contributed by atoms with Crippen LogP contribution in [0.25, 0.3) is 5.69 Å². The fourth-order valence-corrected chi connectivity index (χ4v) is 5.29. The second-order valence-electron chi connectivity index (χ2n) is 9.67. The zero-order valence-electron chi connectivity index (χ0n) is 19.1. The fourth-order valence-electron chi connectivity index (χ4n) is 5.01. The molecule has 0 atom stereocenters. The number of benzene rings is 1. The number of piperazine rings is 1. The number of thiol groups is 2. The Morgan fingerprint density at radius 2 is 1.76 bits per heavy atom. The lowest BCUT2D eigenvalue weighted by Crippen LogP contribution is -2.71. The number of carbonyl (C=O) groups is 1. The average Bonchev–Trinajstić information content (AvgIpc) is 2.76. The number of hydrogen-bond acceptors (Lipinski definition) is 9. The minimum absolute atomic E-state index is 0.324. The summed E-state index contributed by atoms with van der Waals surface area (Å²) in [5, 5.41) is 3.37. The maximum absolute atomic E-state index is 12.7. The molecule has 2 aromatic rings. The molecule has 3 aliphatic heterocycles. The van der Waals surface area contributed by atoms with Crippen molar-refractivity contribution in [3.05, 3.63) is 52.6 Å². The van der Waals surface area contributed by atoms with E-state index < -0.39 is 4.20 Å². The molecule has 3 aliphatic rings. The number of aromatic nitrogens is 2. The molecule has 0 aliphatic carbocycles. The molecular weight excluding hydrogens is 470 g/mol. The van der Waals surface area contributed by atoms with E-state index in [4.69, 9.17) is 5.73 Å². The van der Waals surface area contributed by atoms with Crippen molar-refractivity contribution in [2.24, 2.45) is 11.1 Å². The monoisotopic (exact) mass is 501 g/mol. The summed E-state index contributed by atoms with van der Waals surface area (Å²) in [5.74, 6) is 0.282. The minimum Gasteiger partial charge on any atom is -0.353 e. The highest BCUT2D eigenvalue weighted by Crippen LogP contribution is 2.33. The molecule has 1 aromatic carbocycles. The Bertz CT molecular complexity index is 1100. The second-order valence-corrected chi connectivity index (χ2v) is 11.4. The van der Waals surface area contributed by atoms with E-state index in [9.17, 15) is 9.59 Å². The van der Waals surface area contributed by atoms with Gasteiger partial charge in [-0.1, -0.05) is 12.1 Å². The number of rotatable bonds is 6. The number of amides is 1. The quantitative estimate of drug-likeness (QED) is 0.321. The van der Waals surface area contributed by atoms with Crippen LogP contribution in [0.3, 0.4) is 0 Å². The molecule has 3 N–H and O–H groups in total. The summed E-state index contributed by atoms with van der Waals surface area (Å²) in [5.41, 5.74) is 7.98. The first-order valence-electron chi connectivity index (χ1n) is 11.6. The van der Waals surface area contributed by atoms with Crippen molar-refractivity contribution in [1.29, 1.82) is 0 Å². The highest BCUT2D eigenvalue weighted by atomic mass is 32.2. The topological polar surface area (TPSA) is 99.7 Å². The Labute approximate surface area is 210 Å². The fraction of sp³-hybridized carbons (Fsp3) is 0.522. The van der Waals surface area contributed by atoms with E-state index in [0.717, 1.165) is 31.7 Å². The summed E-state index contributed by atoms with van der Waals surface area (Å²) in [6.07, 6.45) is 2.77. The third kappa shape index (κ3) is 4.85. The van der Waals surface area contributed by atoms with Crippen molar-refractivity contribution in [3.63, 3.8) is 0 Å². The smallest absolute Gasteiger partial charge is 0.353 e. The molecule has 1 spiro atoms. The highest BCUT2D eigenvalue weighted by Gasteiger charge is 2.46. The average molecular weight is 502 g/mol. The van der Waals surface area contributed by atoms with Gasteiger partial charge in [-0.2, -0.15) is 4.98 Å². The number of carbonyl (C=O) groups excluding carboxylic acids is 1. The van der Waals surface area contributed by atoms with Gasteiger partial charge in [-0.25, -0.2) is 4.79 Å². The maximum atomic E-state index is 12.7. The lowest BCUT2D eigenvalue weighted by atomic mass is 9.74. The molecule has 34 heavy (non-hydrogen) atoms. The number of nitrogens with two attached hydrogens (primary N) is 1. The van der Waals surface area contributed by atoms with E-state index in [1.165, 1.54) is 18.7 Å². The molecule has 3 saturated heterocycles. The number of nitrogens with zero attached hydrogens (tertiary/aromatic N) is 5. The molecule has 11 heteroatoms. The molecule has 0 radical (unpaired) electrons. The molecule has 1 amide bonds. The van der Waals surface area contributed by atoms with E-state index in [0.29, 0.717) is 37.4 Å².